The molecule has 0 amide bonds. The normalized spacial score (nSPS) is 11.7. The monoisotopic (exact) mass is 451 g/mol. The molecule has 35 heavy (non-hydrogen) atoms. The van der Waals surface area contributed by atoms with E-state index in [-0.39, 0.29) is 11.5 Å². The minimum atomic E-state index is 0.276. The van der Waals surface area contributed by atoms with Gasteiger partial charge in [-0.2, -0.15) is 0 Å². The molecule has 0 aliphatic carbocycles. The first-order chi connectivity index (χ1) is 17.2. The Morgan fingerprint density at radius 2 is 1.11 bits per heavy atom. The number of hydrogen-bond donors (Lipinski definition) is 2. The number of aromatic nitrogens is 1. The van der Waals surface area contributed by atoms with Gasteiger partial charge in [-0.1, -0.05) is 84.9 Å². The number of aromatic hydroxyl groups is 2. The standard InChI is InChI=1S/C32H21NO2/c34-30-17-16-22(23-10-4-5-11-24(23)30)20-14-15-27-28(18-20)33(21-8-2-1-3-9-21)29-19-31(35)25-12-6-7-13-26(25)32(27)29/h1-19,34-35H. The van der Waals surface area contributed by atoms with Crippen LogP contribution < -0.4 is 0 Å². The second kappa shape index (κ2) is 7.37. The summed E-state index contributed by atoms with van der Waals surface area (Å²) in [5, 5.41) is 27.3. The molecule has 0 aliphatic heterocycles. The van der Waals surface area contributed by atoms with Crippen LogP contribution in [0.2, 0.25) is 0 Å². The van der Waals surface area contributed by atoms with E-state index in [2.05, 4.69) is 41.0 Å². The number of fused-ring (bicyclic) bond motifs is 6. The van der Waals surface area contributed by atoms with Crippen LogP contribution in [0.15, 0.2) is 115 Å². The summed E-state index contributed by atoms with van der Waals surface area (Å²) in [6.07, 6.45) is 0. The van der Waals surface area contributed by atoms with Crippen LogP contribution in [0.4, 0.5) is 0 Å². The lowest BCUT2D eigenvalue weighted by atomic mass is 9.96. The van der Waals surface area contributed by atoms with E-state index in [1.807, 2.05) is 72.8 Å². The average Bonchev–Trinajstić information content (AvgIpc) is 3.23. The van der Waals surface area contributed by atoms with E-state index in [1.54, 1.807) is 6.07 Å². The van der Waals surface area contributed by atoms with Crippen LogP contribution in [0, 0.1) is 0 Å². The Hall–Kier alpha value is -4.76. The molecule has 0 fully saturated rings. The van der Waals surface area contributed by atoms with Gasteiger partial charge in [-0.3, -0.25) is 0 Å². The molecule has 3 nitrogen and oxygen atoms in total. The number of phenolic OH excluding ortho intramolecular Hbond substituents is 2. The van der Waals surface area contributed by atoms with Gasteiger partial charge in [0, 0.05) is 33.3 Å². The van der Waals surface area contributed by atoms with E-state index >= 15 is 0 Å². The van der Waals surface area contributed by atoms with Crippen LogP contribution >= 0.6 is 0 Å². The fourth-order valence-electron chi connectivity index (χ4n) is 5.42. The third kappa shape index (κ3) is 2.85. The molecule has 0 atom stereocenters. The Morgan fingerprint density at radius 1 is 0.457 bits per heavy atom. The van der Waals surface area contributed by atoms with Gasteiger partial charge in [0.05, 0.1) is 11.0 Å². The van der Waals surface area contributed by atoms with Gasteiger partial charge in [0.1, 0.15) is 11.5 Å². The summed E-state index contributed by atoms with van der Waals surface area (Å²) >= 11 is 0. The van der Waals surface area contributed by atoms with Crippen molar-refractivity contribution in [3.05, 3.63) is 115 Å². The van der Waals surface area contributed by atoms with Crippen LogP contribution in [0.5, 0.6) is 11.5 Å². The van der Waals surface area contributed by atoms with Crippen molar-refractivity contribution in [2.45, 2.75) is 0 Å². The van der Waals surface area contributed by atoms with Crippen molar-refractivity contribution in [2.24, 2.45) is 0 Å². The second-order valence-corrected chi connectivity index (χ2v) is 8.92. The van der Waals surface area contributed by atoms with E-state index in [1.165, 1.54) is 0 Å². The van der Waals surface area contributed by atoms with Crippen LogP contribution in [0.1, 0.15) is 0 Å². The minimum absolute atomic E-state index is 0.276. The summed E-state index contributed by atoms with van der Waals surface area (Å²) in [6.45, 7) is 0. The molecule has 7 aromatic rings. The Kier molecular flexibility index (Phi) is 4.15. The molecule has 0 radical (unpaired) electrons. The number of hydrogen-bond acceptors (Lipinski definition) is 2. The zero-order chi connectivity index (χ0) is 23.5. The van der Waals surface area contributed by atoms with Crippen molar-refractivity contribution in [1.29, 1.82) is 0 Å². The molecule has 0 spiro atoms. The molecule has 0 aliphatic rings. The maximum absolute atomic E-state index is 10.9. The van der Waals surface area contributed by atoms with Gasteiger partial charge in [0.25, 0.3) is 0 Å². The van der Waals surface area contributed by atoms with Crippen LogP contribution in [-0.4, -0.2) is 14.8 Å². The third-order valence-electron chi connectivity index (χ3n) is 6.98. The van der Waals surface area contributed by atoms with Gasteiger partial charge in [-0.05, 0) is 46.2 Å². The summed E-state index contributed by atoms with van der Waals surface area (Å²) in [7, 11) is 0. The third-order valence-corrected chi connectivity index (χ3v) is 6.98. The Bertz CT molecular complexity index is 1920. The van der Waals surface area contributed by atoms with Crippen molar-refractivity contribution in [1.82, 2.24) is 4.57 Å². The number of phenols is 2. The largest absolute Gasteiger partial charge is 0.507 e. The van der Waals surface area contributed by atoms with Gasteiger partial charge >= 0.3 is 0 Å². The first-order valence-electron chi connectivity index (χ1n) is 11.7. The molecular formula is C32H21NO2. The molecule has 166 valence electrons. The van der Waals surface area contributed by atoms with Gasteiger partial charge in [0.2, 0.25) is 0 Å². The van der Waals surface area contributed by atoms with Crippen molar-refractivity contribution < 1.29 is 10.2 Å². The average molecular weight is 452 g/mol. The fraction of sp³-hybridized carbons (Fsp3) is 0. The Balaban J connectivity index is 1.63. The molecule has 1 heterocycles. The summed E-state index contributed by atoms with van der Waals surface area (Å²) in [6, 6.07) is 38.4. The molecular weight excluding hydrogens is 430 g/mol. The van der Waals surface area contributed by atoms with E-state index < -0.39 is 0 Å². The van der Waals surface area contributed by atoms with Gasteiger partial charge in [0.15, 0.2) is 0 Å². The second-order valence-electron chi connectivity index (χ2n) is 8.92. The summed E-state index contributed by atoms with van der Waals surface area (Å²) in [5.74, 6) is 0.559. The highest BCUT2D eigenvalue weighted by atomic mass is 16.3. The lowest BCUT2D eigenvalue weighted by Gasteiger charge is -2.11. The molecule has 0 unspecified atom stereocenters. The maximum atomic E-state index is 10.9. The summed E-state index contributed by atoms with van der Waals surface area (Å²) < 4.78 is 2.23. The fourth-order valence-corrected chi connectivity index (χ4v) is 5.42. The number of benzene rings is 6. The van der Waals surface area contributed by atoms with Gasteiger partial charge in [-0.15, -0.1) is 0 Å². The summed E-state index contributed by atoms with van der Waals surface area (Å²) in [5.41, 5.74) is 5.21. The molecule has 2 N–H and O–H groups in total. The van der Waals surface area contributed by atoms with E-state index in [0.29, 0.717) is 0 Å². The highest BCUT2D eigenvalue weighted by Gasteiger charge is 2.18. The van der Waals surface area contributed by atoms with Gasteiger partial charge in [-0.25, -0.2) is 0 Å². The molecule has 1 aromatic heterocycles. The SMILES string of the molecule is Oc1ccc(-c2ccc3c4c5ccccc5c(O)cc4n(-c4ccccc4)c3c2)c2ccccc12. The molecule has 0 saturated heterocycles. The number of nitrogens with zero attached hydrogens (tertiary/aromatic N) is 1. The Labute approximate surface area is 201 Å². The lowest BCUT2D eigenvalue weighted by molar-refractivity contribution is 0.481. The molecule has 7 rings (SSSR count). The highest BCUT2D eigenvalue weighted by Crippen LogP contribution is 2.42. The van der Waals surface area contributed by atoms with E-state index in [4.69, 9.17) is 0 Å². The number of para-hydroxylation sites is 1. The maximum Gasteiger partial charge on any atom is 0.125 e. The van der Waals surface area contributed by atoms with E-state index in [0.717, 1.165) is 60.2 Å². The minimum Gasteiger partial charge on any atom is -0.507 e. The summed E-state index contributed by atoms with van der Waals surface area (Å²) in [4.78, 5) is 0. The molecule has 0 saturated carbocycles. The van der Waals surface area contributed by atoms with Crippen LogP contribution in [0.25, 0.3) is 60.2 Å². The first-order valence-corrected chi connectivity index (χ1v) is 11.7. The quantitative estimate of drug-likeness (QED) is 0.278. The molecule has 3 heteroatoms. The molecule has 6 aromatic carbocycles. The first kappa shape index (κ1) is 19.7. The predicted molar refractivity (Wildman–Crippen MR) is 145 cm³/mol. The van der Waals surface area contributed by atoms with Crippen LogP contribution in [0.3, 0.4) is 0 Å². The topological polar surface area (TPSA) is 45.4 Å². The zero-order valence-corrected chi connectivity index (χ0v) is 18.8. The van der Waals surface area contributed by atoms with Crippen molar-refractivity contribution >= 4 is 43.4 Å². The number of rotatable bonds is 2. The Morgan fingerprint density at radius 3 is 1.89 bits per heavy atom. The van der Waals surface area contributed by atoms with Crippen molar-refractivity contribution in [3.8, 4) is 28.3 Å². The van der Waals surface area contributed by atoms with Crippen molar-refractivity contribution in [3.63, 3.8) is 0 Å². The van der Waals surface area contributed by atoms with Gasteiger partial charge < -0.3 is 14.8 Å². The van der Waals surface area contributed by atoms with E-state index in [9.17, 15) is 10.2 Å². The van der Waals surface area contributed by atoms with Crippen LogP contribution in [-0.2, 0) is 0 Å². The predicted octanol–water partition coefficient (Wildman–Crippen LogP) is 8.17. The lowest BCUT2D eigenvalue weighted by Crippen LogP contribution is -1.93. The smallest absolute Gasteiger partial charge is 0.125 e. The molecule has 0 bridgehead atoms. The zero-order valence-electron chi connectivity index (χ0n) is 18.8. The van der Waals surface area contributed by atoms with Crippen molar-refractivity contribution in [2.75, 3.05) is 0 Å². The highest BCUT2D eigenvalue weighted by molar-refractivity contribution is 6.23.